The van der Waals surface area contributed by atoms with Gasteiger partial charge >= 0.3 is 0 Å². The lowest BCUT2D eigenvalue weighted by atomic mass is 10.1. The van der Waals surface area contributed by atoms with E-state index in [2.05, 4.69) is 10.3 Å². The van der Waals surface area contributed by atoms with Crippen LogP contribution in [0.1, 0.15) is 15.2 Å². The topological polar surface area (TPSA) is 60.5 Å². The van der Waals surface area contributed by atoms with Gasteiger partial charge in [0.05, 0.1) is 4.88 Å². The van der Waals surface area contributed by atoms with E-state index in [1.54, 1.807) is 12.3 Å². The third-order valence-corrected chi connectivity index (χ3v) is 4.94. The third-order valence-electron chi connectivity index (χ3n) is 3.81. The molecule has 3 aromatic rings. The Kier molecular flexibility index (Phi) is 4.11. The van der Waals surface area contributed by atoms with Gasteiger partial charge in [-0.05, 0) is 54.4 Å². The molecular formula is C19H16N2O3S. The van der Waals surface area contributed by atoms with Crippen LogP contribution >= 0.6 is 11.3 Å². The van der Waals surface area contributed by atoms with Crippen LogP contribution in [0.2, 0.25) is 0 Å². The standard InChI is InChI=1S/C19H16N2O3S/c1-12-2-7-18(20-11-12)21-19(22)17-6-5-16(25-17)13-3-4-14-15(10-13)24-9-8-23-14/h2-7,10-11H,8-9H2,1H3,(H,20,21,22). The van der Waals surface area contributed by atoms with Crippen molar-refractivity contribution in [3.63, 3.8) is 0 Å². The fourth-order valence-electron chi connectivity index (χ4n) is 2.53. The number of hydrogen-bond acceptors (Lipinski definition) is 5. The summed E-state index contributed by atoms with van der Waals surface area (Å²) in [5, 5.41) is 2.82. The number of amides is 1. The predicted molar refractivity (Wildman–Crippen MR) is 97.7 cm³/mol. The van der Waals surface area contributed by atoms with Gasteiger partial charge in [-0.1, -0.05) is 6.07 Å². The molecule has 1 aliphatic heterocycles. The number of anilines is 1. The Balaban J connectivity index is 1.53. The van der Waals surface area contributed by atoms with E-state index in [9.17, 15) is 4.79 Å². The number of pyridine rings is 1. The Bertz CT molecular complexity index is 919. The molecule has 0 unspecified atom stereocenters. The molecule has 0 fully saturated rings. The molecule has 0 atom stereocenters. The number of ether oxygens (including phenoxy) is 2. The minimum Gasteiger partial charge on any atom is -0.486 e. The summed E-state index contributed by atoms with van der Waals surface area (Å²) in [4.78, 5) is 18.2. The first kappa shape index (κ1) is 15.7. The van der Waals surface area contributed by atoms with E-state index < -0.39 is 0 Å². The van der Waals surface area contributed by atoms with Crippen molar-refractivity contribution in [3.05, 3.63) is 59.1 Å². The van der Waals surface area contributed by atoms with E-state index in [0.717, 1.165) is 27.5 Å². The van der Waals surface area contributed by atoms with Crippen LogP contribution in [0.5, 0.6) is 11.5 Å². The molecule has 0 spiro atoms. The predicted octanol–water partition coefficient (Wildman–Crippen LogP) is 4.14. The molecule has 1 amide bonds. The number of aromatic nitrogens is 1. The lowest BCUT2D eigenvalue weighted by Gasteiger charge is -2.18. The lowest BCUT2D eigenvalue weighted by Crippen LogP contribution is -2.15. The molecule has 3 heterocycles. The van der Waals surface area contributed by atoms with Crippen molar-refractivity contribution in [1.29, 1.82) is 0 Å². The average Bonchev–Trinajstić information content (AvgIpc) is 3.13. The second kappa shape index (κ2) is 6.57. The summed E-state index contributed by atoms with van der Waals surface area (Å²) in [5.41, 5.74) is 2.05. The molecule has 4 rings (SSSR count). The summed E-state index contributed by atoms with van der Waals surface area (Å²) in [7, 11) is 0. The van der Waals surface area contributed by atoms with E-state index in [0.29, 0.717) is 23.9 Å². The Morgan fingerprint density at radius 1 is 1.08 bits per heavy atom. The first-order chi connectivity index (χ1) is 12.2. The summed E-state index contributed by atoms with van der Waals surface area (Å²) in [6.07, 6.45) is 1.73. The molecule has 5 nitrogen and oxygen atoms in total. The van der Waals surface area contributed by atoms with Crippen LogP contribution < -0.4 is 14.8 Å². The Hall–Kier alpha value is -2.86. The van der Waals surface area contributed by atoms with Gasteiger partial charge in [-0.25, -0.2) is 4.98 Å². The molecule has 126 valence electrons. The van der Waals surface area contributed by atoms with Gasteiger partial charge in [0.15, 0.2) is 11.5 Å². The highest BCUT2D eigenvalue weighted by atomic mass is 32.1. The Labute approximate surface area is 149 Å². The molecule has 1 aliphatic rings. The second-order valence-electron chi connectivity index (χ2n) is 5.70. The monoisotopic (exact) mass is 352 g/mol. The molecule has 0 saturated heterocycles. The molecule has 25 heavy (non-hydrogen) atoms. The van der Waals surface area contributed by atoms with Crippen molar-refractivity contribution in [3.8, 4) is 21.9 Å². The average molecular weight is 352 g/mol. The number of carbonyl (C=O) groups is 1. The van der Waals surface area contributed by atoms with E-state index in [1.165, 1.54) is 11.3 Å². The van der Waals surface area contributed by atoms with Crippen LogP contribution in [0.4, 0.5) is 5.82 Å². The minimum absolute atomic E-state index is 0.162. The summed E-state index contributed by atoms with van der Waals surface area (Å²) >= 11 is 1.43. The number of rotatable bonds is 3. The van der Waals surface area contributed by atoms with Gasteiger partial charge in [0.2, 0.25) is 0 Å². The van der Waals surface area contributed by atoms with E-state index in [1.807, 2.05) is 43.3 Å². The van der Waals surface area contributed by atoms with Crippen LogP contribution in [0.15, 0.2) is 48.7 Å². The number of hydrogen-bond donors (Lipinski definition) is 1. The van der Waals surface area contributed by atoms with E-state index in [4.69, 9.17) is 9.47 Å². The molecule has 2 aromatic heterocycles. The number of thiophene rings is 1. The van der Waals surface area contributed by atoms with Crippen molar-refractivity contribution in [2.24, 2.45) is 0 Å². The number of aryl methyl sites for hydroxylation is 1. The van der Waals surface area contributed by atoms with Crippen LogP contribution in [-0.2, 0) is 0 Å². The highest BCUT2D eigenvalue weighted by Crippen LogP contribution is 2.37. The molecule has 0 radical (unpaired) electrons. The lowest BCUT2D eigenvalue weighted by molar-refractivity contribution is 0.103. The highest BCUT2D eigenvalue weighted by molar-refractivity contribution is 7.17. The Morgan fingerprint density at radius 3 is 2.72 bits per heavy atom. The highest BCUT2D eigenvalue weighted by Gasteiger charge is 2.15. The fraction of sp³-hybridized carbons (Fsp3) is 0.158. The van der Waals surface area contributed by atoms with Gasteiger partial charge in [-0.3, -0.25) is 4.79 Å². The summed E-state index contributed by atoms with van der Waals surface area (Å²) in [5.74, 6) is 1.89. The van der Waals surface area contributed by atoms with Crippen molar-refractivity contribution >= 4 is 23.1 Å². The number of benzene rings is 1. The first-order valence-corrected chi connectivity index (χ1v) is 8.74. The minimum atomic E-state index is -0.162. The zero-order valence-corrected chi connectivity index (χ0v) is 14.4. The van der Waals surface area contributed by atoms with Crippen molar-refractivity contribution in [2.45, 2.75) is 6.92 Å². The summed E-state index contributed by atoms with van der Waals surface area (Å²) in [6.45, 7) is 3.08. The van der Waals surface area contributed by atoms with E-state index >= 15 is 0 Å². The van der Waals surface area contributed by atoms with E-state index in [-0.39, 0.29) is 5.91 Å². The number of carbonyl (C=O) groups excluding carboxylic acids is 1. The number of nitrogens with zero attached hydrogens (tertiary/aromatic N) is 1. The molecule has 6 heteroatoms. The van der Waals surface area contributed by atoms with Crippen molar-refractivity contribution in [1.82, 2.24) is 4.98 Å². The molecule has 0 aliphatic carbocycles. The van der Waals surface area contributed by atoms with Gasteiger partial charge in [0.1, 0.15) is 19.0 Å². The summed E-state index contributed by atoms with van der Waals surface area (Å²) < 4.78 is 11.2. The van der Waals surface area contributed by atoms with Gasteiger partial charge in [-0.15, -0.1) is 11.3 Å². The summed E-state index contributed by atoms with van der Waals surface area (Å²) in [6, 6.07) is 13.3. The van der Waals surface area contributed by atoms with Crippen LogP contribution in [0.25, 0.3) is 10.4 Å². The Morgan fingerprint density at radius 2 is 1.92 bits per heavy atom. The zero-order chi connectivity index (χ0) is 17.2. The molecule has 0 bridgehead atoms. The van der Waals surface area contributed by atoms with Crippen LogP contribution in [-0.4, -0.2) is 24.1 Å². The van der Waals surface area contributed by atoms with Gasteiger partial charge in [-0.2, -0.15) is 0 Å². The maximum atomic E-state index is 12.4. The van der Waals surface area contributed by atoms with Gasteiger partial charge in [0.25, 0.3) is 5.91 Å². The normalized spacial score (nSPS) is 12.7. The fourth-order valence-corrected chi connectivity index (χ4v) is 3.43. The maximum Gasteiger partial charge on any atom is 0.266 e. The van der Waals surface area contributed by atoms with Gasteiger partial charge in [0, 0.05) is 11.1 Å². The van der Waals surface area contributed by atoms with Crippen molar-refractivity contribution in [2.75, 3.05) is 18.5 Å². The van der Waals surface area contributed by atoms with Crippen molar-refractivity contribution < 1.29 is 14.3 Å². The number of fused-ring (bicyclic) bond motifs is 1. The van der Waals surface area contributed by atoms with Crippen LogP contribution in [0.3, 0.4) is 0 Å². The third kappa shape index (κ3) is 3.34. The zero-order valence-electron chi connectivity index (χ0n) is 13.6. The largest absolute Gasteiger partial charge is 0.486 e. The molecular weight excluding hydrogens is 336 g/mol. The first-order valence-electron chi connectivity index (χ1n) is 7.93. The quantitative estimate of drug-likeness (QED) is 0.769. The molecule has 1 N–H and O–H groups in total. The second-order valence-corrected chi connectivity index (χ2v) is 6.78. The SMILES string of the molecule is Cc1ccc(NC(=O)c2ccc(-c3ccc4c(c3)OCCO4)s2)nc1. The maximum absolute atomic E-state index is 12.4. The van der Waals surface area contributed by atoms with Crippen LogP contribution in [0, 0.1) is 6.92 Å². The smallest absolute Gasteiger partial charge is 0.266 e. The number of nitrogens with one attached hydrogen (secondary N) is 1. The molecule has 0 saturated carbocycles. The van der Waals surface area contributed by atoms with Gasteiger partial charge < -0.3 is 14.8 Å². The molecule has 1 aromatic carbocycles.